The van der Waals surface area contributed by atoms with Crippen LogP contribution in [0.15, 0.2) is 221 Å². The van der Waals surface area contributed by atoms with Crippen molar-refractivity contribution in [2.45, 2.75) is 7.43 Å². The van der Waals surface area contributed by atoms with Crippen LogP contribution in [0.5, 0.6) is 0 Å². The molecule has 0 aliphatic heterocycles. The van der Waals surface area contributed by atoms with E-state index in [1.807, 2.05) is 78.9 Å². The van der Waals surface area contributed by atoms with E-state index in [4.69, 9.17) is 0 Å². The van der Waals surface area contributed by atoms with E-state index in [1.165, 1.54) is 65.3 Å². The number of benzene rings is 11. The Morgan fingerprint density at radius 1 is 0.300 bits per heavy atom. The molecule has 5 heteroatoms. The zero-order valence-electron chi connectivity index (χ0n) is 31.9. The van der Waals surface area contributed by atoms with Crippen molar-refractivity contribution in [2.75, 3.05) is 0 Å². The van der Waals surface area contributed by atoms with Gasteiger partial charge in [0.2, 0.25) is 0 Å². The maximum absolute atomic E-state index is 9.44. The first-order valence-corrected chi connectivity index (χ1v) is 21.1. The van der Waals surface area contributed by atoms with E-state index in [0.29, 0.717) is 5.46 Å². The van der Waals surface area contributed by atoms with Crippen LogP contribution in [0.2, 0.25) is 0 Å². The molecule has 2 N–H and O–H groups in total. The zero-order chi connectivity index (χ0) is 40.3. The fourth-order valence-corrected chi connectivity index (χ4v) is 9.30. The van der Waals surface area contributed by atoms with Gasteiger partial charge in [0.05, 0.1) is 0 Å². The predicted octanol–water partition coefficient (Wildman–Crippen LogP) is 15.2. The highest BCUT2D eigenvalue weighted by Crippen LogP contribution is 2.39. The molecule has 0 heterocycles. The summed E-state index contributed by atoms with van der Waals surface area (Å²) in [5.74, 6) is 0. The minimum Gasteiger partial charge on any atom is -0.423 e. The summed E-state index contributed by atoms with van der Waals surface area (Å²) < 4.78 is 2.21. The van der Waals surface area contributed by atoms with Gasteiger partial charge in [-0.05, 0) is 129 Å². The van der Waals surface area contributed by atoms with Gasteiger partial charge in [0.1, 0.15) is 0 Å². The van der Waals surface area contributed by atoms with Crippen molar-refractivity contribution in [3.63, 3.8) is 0 Å². The van der Waals surface area contributed by atoms with Gasteiger partial charge in [0.15, 0.2) is 0 Å². The Morgan fingerprint density at radius 2 is 0.633 bits per heavy atom. The molecule has 290 valence electrons. The number of hydrogen-bond acceptors (Lipinski definition) is 2. The lowest BCUT2D eigenvalue weighted by Crippen LogP contribution is -2.30. The summed E-state index contributed by atoms with van der Waals surface area (Å²) in [5.41, 5.74) is 5.61. The van der Waals surface area contributed by atoms with E-state index in [0.717, 1.165) is 30.5 Å². The highest BCUT2D eigenvalue weighted by atomic mass is 79.9. The highest BCUT2D eigenvalue weighted by Gasteiger charge is 2.16. The second kappa shape index (κ2) is 18.0. The molecular weight excluding hydrogens is 863 g/mol. The van der Waals surface area contributed by atoms with E-state index < -0.39 is 7.12 Å². The number of hydrogen-bond donors (Lipinski definition) is 2. The van der Waals surface area contributed by atoms with Gasteiger partial charge in [0, 0.05) is 8.95 Å². The molecule has 0 radical (unpaired) electrons. The van der Waals surface area contributed by atoms with Crippen molar-refractivity contribution in [1.29, 1.82) is 0 Å². The van der Waals surface area contributed by atoms with E-state index in [-0.39, 0.29) is 7.43 Å². The third-order valence-corrected chi connectivity index (χ3v) is 11.9. The van der Waals surface area contributed by atoms with E-state index in [2.05, 4.69) is 165 Å². The summed E-state index contributed by atoms with van der Waals surface area (Å²) >= 11 is 6.66. The first-order chi connectivity index (χ1) is 28.9. The Bertz CT molecular complexity index is 3150. The lowest BCUT2D eigenvalue weighted by atomic mass is 9.76. The van der Waals surface area contributed by atoms with E-state index in [9.17, 15) is 10.0 Å². The monoisotopic (exact) mass is 902 g/mol. The third-order valence-electron chi connectivity index (χ3n) is 10.9. The van der Waals surface area contributed by atoms with Crippen LogP contribution in [0.25, 0.3) is 86.9 Å². The number of rotatable bonds is 3. The van der Waals surface area contributed by atoms with Crippen molar-refractivity contribution >= 4 is 109 Å². The van der Waals surface area contributed by atoms with Crippen LogP contribution >= 0.6 is 31.9 Å². The normalized spacial score (nSPS) is 10.9. The molecule has 0 aromatic heterocycles. The predicted molar refractivity (Wildman–Crippen MR) is 267 cm³/mol. The molecule has 11 aromatic rings. The quantitative estimate of drug-likeness (QED) is 0.137. The summed E-state index contributed by atoms with van der Waals surface area (Å²) in [6.07, 6.45) is 0. The van der Waals surface area contributed by atoms with Crippen molar-refractivity contribution in [1.82, 2.24) is 0 Å². The molecule has 0 aliphatic rings. The van der Waals surface area contributed by atoms with Crippen LogP contribution in [0, 0.1) is 0 Å². The Hall–Kier alpha value is -6.08. The number of halogens is 2. The van der Waals surface area contributed by atoms with Crippen molar-refractivity contribution in [3.8, 4) is 22.3 Å². The number of fused-ring (bicyclic) bond motifs is 9. The second-order valence-corrected chi connectivity index (χ2v) is 16.3. The van der Waals surface area contributed by atoms with Gasteiger partial charge >= 0.3 is 7.12 Å². The van der Waals surface area contributed by atoms with Crippen LogP contribution in [-0.4, -0.2) is 17.2 Å². The average Bonchev–Trinajstić information content (AvgIpc) is 3.28. The Morgan fingerprint density at radius 3 is 1.03 bits per heavy atom. The lowest BCUT2D eigenvalue weighted by molar-refractivity contribution is 0.426. The molecular formula is C55H41BBr2O2. The summed E-state index contributed by atoms with van der Waals surface area (Å²) in [6.45, 7) is 0. The topological polar surface area (TPSA) is 40.5 Å². The molecule has 0 atom stereocenters. The highest BCUT2D eigenvalue weighted by molar-refractivity contribution is 9.11. The first-order valence-electron chi connectivity index (χ1n) is 19.5. The van der Waals surface area contributed by atoms with Crippen LogP contribution in [0.3, 0.4) is 0 Å². The molecule has 0 saturated carbocycles. The molecule has 11 rings (SSSR count). The van der Waals surface area contributed by atoms with Gasteiger partial charge in [-0.1, -0.05) is 215 Å². The molecule has 0 spiro atoms. The second-order valence-electron chi connectivity index (χ2n) is 14.5. The minimum absolute atomic E-state index is 0. The maximum Gasteiger partial charge on any atom is 0.489 e. The van der Waals surface area contributed by atoms with Crippen LogP contribution in [0.4, 0.5) is 0 Å². The van der Waals surface area contributed by atoms with E-state index in [1.54, 1.807) is 0 Å². The molecule has 0 saturated heterocycles. The molecule has 60 heavy (non-hydrogen) atoms. The zero-order valence-corrected chi connectivity index (χ0v) is 35.1. The maximum atomic E-state index is 9.44. The molecule has 0 unspecified atom stereocenters. The summed E-state index contributed by atoms with van der Waals surface area (Å²) in [6, 6.07) is 74.1. The van der Waals surface area contributed by atoms with Crippen LogP contribution in [0.1, 0.15) is 7.43 Å². The van der Waals surface area contributed by atoms with Gasteiger partial charge in [-0.25, -0.2) is 0 Å². The standard InChI is InChI=1S/C34H22.C14H11BO2.C6H4Br2.CH4/c1-3-14-27-25(10-1)21-33(31-18-7-5-16-29(27)31)23-12-9-13-24(20-23)34-22-26-11-2-4-15-28(26)30-17-6-8-19-32(30)34;16-15(17)14-9-10-5-1-2-6-11(10)12-7-3-4-8-13(12)14;7-5-2-1-3-6(8)4-5;/h1-22H;1-9,16-17H;1-4H;1H4. The smallest absolute Gasteiger partial charge is 0.423 e. The van der Waals surface area contributed by atoms with Crippen molar-refractivity contribution in [3.05, 3.63) is 221 Å². The van der Waals surface area contributed by atoms with Crippen molar-refractivity contribution < 1.29 is 10.0 Å². The molecule has 0 fully saturated rings. The molecule has 0 bridgehead atoms. The van der Waals surface area contributed by atoms with Crippen LogP contribution in [-0.2, 0) is 0 Å². The van der Waals surface area contributed by atoms with Crippen molar-refractivity contribution in [2.24, 2.45) is 0 Å². The molecule has 11 aromatic carbocycles. The first kappa shape index (κ1) is 40.7. The molecule has 0 amide bonds. The lowest BCUT2D eigenvalue weighted by Gasteiger charge is -2.14. The fourth-order valence-electron chi connectivity index (χ4n) is 8.20. The van der Waals surface area contributed by atoms with Gasteiger partial charge in [-0.2, -0.15) is 0 Å². The van der Waals surface area contributed by atoms with Gasteiger partial charge in [0.25, 0.3) is 0 Å². The fraction of sp³-hybridized carbons (Fsp3) is 0.0182. The summed E-state index contributed by atoms with van der Waals surface area (Å²) in [4.78, 5) is 0. The molecule has 2 nitrogen and oxygen atoms in total. The molecule has 0 aliphatic carbocycles. The average molecular weight is 905 g/mol. The Labute approximate surface area is 367 Å². The SMILES string of the molecule is Brc1cccc(Br)c1.C.OB(O)c1cc2ccccc2c2ccccc12.c1cc(-c2cc3ccccc3c3ccccc23)cc(-c2cc3ccccc3c3ccccc23)c1. The summed E-state index contributed by atoms with van der Waals surface area (Å²) in [7, 11) is -1.44. The summed E-state index contributed by atoms with van der Waals surface area (Å²) in [5, 5.41) is 33.3. The third kappa shape index (κ3) is 8.23. The van der Waals surface area contributed by atoms with Gasteiger partial charge in [-0.15, -0.1) is 0 Å². The Kier molecular flexibility index (Phi) is 12.2. The largest absolute Gasteiger partial charge is 0.489 e. The van der Waals surface area contributed by atoms with E-state index >= 15 is 0 Å². The Balaban J connectivity index is 0.000000159. The van der Waals surface area contributed by atoms with Gasteiger partial charge < -0.3 is 10.0 Å². The van der Waals surface area contributed by atoms with Gasteiger partial charge in [-0.3, -0.25) is 0 Å². The minimum atomic E-state index is -1.44. The van der Waals surface area contributed by atoms with Crippen LogP contribution < -0.4 is 5.46 Å².